The van der Waals surface area contributed by atoms with Crippen LogP contribution in [0.15, 0.2) is 78.9 Å². The zero-order chi connectivity index (χ0) is 25.2. The first-order chi connectivity index (χ1) is 17.6. The molecule has 0 saturated carbocycles. The molecule has 0 spiro atoms. The minimum Gasteiger partial charge on any atom is -0.497 e. The number of rotatable bonds is 10. The van der Waals surface area contributed by atoms with Gasteiger partial charge in [0.25, 0.3) is 5.91 Å². The van der Waals surface area contributed by atoms with Gasteiger partial charge in [0.15, 0.2) is 6.61 Å². The summed E-state index contributed by atoms with van der Waals surface area (Å²) in [5.74, 6) is 1.48. The Kier molecular flexibility index (Phi) is 8.92. The van der Waals surface area contributed by atoms with E-state index in [0.717, 1.165) is 30.0 Å². The summed E-state index contributed by atoms with van der Waals surface area (Å²) in [6.07, 6.45) is -0.167. The molecular formula is C29H31N3O4. The second kappa shape index (κ2) is 12.7. The third-order valence-electron chi connectivity index (χ3n) is 6.25. The van der Waals surface area contributed by atoms with Crippen molar-refractivity contribution in [3.8, 4) is 17.6 Å². The molecular weight excluding hydrogens is 454 g/mol. The van der Waals surface area contributed by atoms with E-state index in [1.54, 1.807) is 19.2 Å². The van der Waals surface area contributed by atoms with Crippen LogP contribution in [-0.2, 0) is 16.1 Å². The van der Waals surface area contributed by atoms with E-state index in [1.807, 2.05) is 71.6 Å². The van der Waals surface area contributed by atoms with Crippen LogP contribution in [0.3, 0.4) is 0 Å². The molecule has 4 rings (SSSR count). The molecule has 36 heavy (non-hydrogen) atoms. The average Bonchev–Trinajstić information content (AvgIpc) is 2.95. The number of piperazine rings is 1. The van der Waals surface area contributed by atoms with Crippen LogP contribution >= 0.6 is 0 Å². The number of hydrogen-bond donors (Lipinski definition) is 0. The summed E-state index contributed by atoms with van der Waals surface area (Å²) in [6.45, 7) is 4.00. The fraction of sp³-hybridized carbons (Fsp3) is 0.310. The predicted octanol–water partition coefficient (Wildman–Crippen LogP) is 4.05. The molecule has 1 aliphatic rings. The molecule has 3 aromatic rings. The number of ether oxygens (including phenoxy) is 3. The number of nitrogens with zero attached hydrogens (tertiary/aromatic N) is 3. The van der Waals surface area contributed by atoms with Gasteiger partial charge in [0, 0.05) is 32.7 Å². The first-order valence-electron chi connectivity index (χ1n) is 12.1. The van der Waals surface area contributed by atoms with Gasteiger partial charge in [-0.1, -0.05) is 42.5 Å². The third kappa shape index (κ3) is 7.08. The van der Waals surface area contributed by atoms with Gasteiger partial charge >= 0.3 is 0 Å². The topological polar surface area (TPSA) is 75.0 Å². The molecule has 7 heteroatoms. The lowest BCUT2D eigenvalue weighted by atomic mass is 10.1. The fourth-order valence-electron chi connectivity index (χ4n) is 4.14. The number of nitriles is 1. The van der Waals surface area contributed by atoms with Crippen molar-refractivity contribution in [2.45, 2.75) is 12.7 Å². The van der Waals surface area contributed by atoms with E-state index in [-0.39, 0.29) is 18.6 Å². The van der Waals surface area contributed by atoms with Crippen molar-refractivity contribution in [3.05, 3.63) is 95.6 Å². The van der Waals surface area contributed by atoms with Gasteiger partial charge in [0.05, 0.1) is 31.5 Å². The van der Waals surface area contributed by atoms with Gasteiger partial charge in [-0.25, -0.2) is 0 Å². The maximum atomic E-state index is 12.6. The molecule has 186 valence electrons. The van der Waals surface area contributed by atoms with Crippen LogP contribution < -0.4 is 9.47 Å². The second-order valence-corrected chi connectivity index (χ2v) is 8.67. The molecule has 1 atom stereocenters. The van der Waals surface area contributed by atoms with E-state index < -0.39 is 0 Å². The van der Waals surface area contributed by atoms with Crippen molar-refractivity contribution in [1.29, 1.82) is 5.26 Å². The van der Waals surface area contributed by atoms with Gasteiger partial charge in [-0.05, 0) is 47.5 Å². The number of hydrogen-bond acceptors (Lipinski definition) is 6. The summed E-state index contributed by atoms with van der Waals surface area (Å²) < 4.78 is 17.4. The highest BCUT2D eigenvalue weighted by atomic mass is 16.5. The minimum atomic E-state index is -0.167. The first kappa shape index (κ1) is 25.2. The lowest BCUT2D eigenvalue weighted by Gasteiger charge is -2.36. The largest absolute Gasteiger partial charge is 0.497 e. The van der Waals surface area contributed by atoms with Crippen LogP contribution in [0.4, 0.5) is 0 Å². The number of benzene rings is 3. The first-order valence-corrected chi connectivity index (χ1v) is 12.1. The van der Waals surface area contributed by atoms with Gasteiger partial charge in [-0.15, -0.1) is 0 Å². The van der Waals surface area contributed by atoms with Crippen molar-refractivity contribution in [2.24, 2.45) is 0 Å². The molecule has 3 aromatic carbocycles. The number of carbonyl (C=O) groups is 1. The summed E-state index contributed by atoms with van der Waals surface area (Å²) >= 11 is 0. The molecule has 1 aliphatic heterocycles. The molecule has 1 fully saturated rings. The molecule has 1 heterocycles. The molecule has 0 N–H and O–H groups in total. The summed E-state index contributed by atoms with van der Waals surface area (Å²) in [7, 11) is 1.66. The predicted molar refractivity (Wildman–Crippen MR) is 137 cm³/mol. The highest BCUT2D eigenvalue weighted by Gasteiger charge is 2.24. The quantitative estimate of drug-likeness (QED) is 0.431. The summed E-state index contributed by atoms with van der Waals surface area (Å²) in [5, 5.41) is 9.03. The normalized spacial score (nSPS) is 14.6. The van der Waals surface area contributed by atoms with Crippen LogP contribution in [-0.4, -0.2) is 62.1 Å². The SMILES string of the molecule is COc1cccc(C(CN2CCN(C(=O)COc3ccccc3)CC2)OCc2ccc(C#N)cc2)c1. The number of para-hydroxylation sites is 1. The van der Waals surface area contributed by atoms with Crippen molar-refractivity contribution >= 4 is 5.91 Å². The van der Waals surface area contributed by atoms with Crippen molar-refractivity contribution in [3.63, 3.8) is 0 Å². The van der Waals surface area contributed by atoms with Crippen LogP contribution in [0, 0.1) is 11.3 Å². The Hall–Kier alpha value is -3.86. The monoisotopic (exact) mass is 485 g/mol. The Balaban J connectivity index is 1.34. The minimum absolute atomic E-state index is 0.0000789. The molecule has 0 aromatic heterocycles. The van der Waals surface area contributed by atoms with E-state index >= 15 is 0 Å². The van der Waals surface area contributed by atoms with E-state index in [4.69, 9.17) is 19.5 Å². The number of amides is 1. The molecule has 1 unspecified atom stereocenters. The van der Waals surface area contributed by atoms with Gasteiger partial charge < -0.3 is 19.1 Å². The Bertz CT molecular complexity index is 1150. The number of carbonyl (C=O) groups excluding carboxylic acids is 1. The van der Waals surface area contributed by atoms with E-state index in [9.17, 15) is 4.79 Å². The molecule has 7 nitrogen and oxygen atoms in total. The van der Waals surface area contributed by atoms with Crippen LogP contribution in [0.1, 0.15) is 22.8 Å². The molecule has 0 bridgehead atoms. The third-order valence-corrected chi connectivity index (χ3v) is 6.25. The van der Waals surface area contributed by atoms with Gasteiger partial charge in [0.1, 0.15) is 11.5 Å². The molecule has 0 aliphatic carbocycles. The van der Waals surface area contributed by atoms with Gasteiger partial charge in [-0.2, -0.15) is 5.26 Å². The lowest BCUT2D eigenvalue weighted by Crippen LogP contribution is -2.50. The zero-order valence-electron chi connectivity index (χ0n) is 20.5. The van der Waals surface area contributed by atoms with E-state index in [2.05, 4.69) is 11.0 Å². The number of methoxy groups -OCH3 is 1. The van der Waals surface area contributed by atoms with Crippen molar-refractivity contribution in [1.82, 2.24) is 9.80 Å². The fourth-order valence-corrected chi connectivity index (χ4v) is 4.14. The molecule has 0 radical (unpaired) electrons. The molecule has 1 saturated heterocycles. The van der Waals surface area contributed by atoms with Gasteiger partial charge in [-0.3, -0.25) is 9.69 Å². The highest BCUT2D eigenvalue weighted by molar-refractivity contribution is 5.77. The van der Waals surface area contributed by atoms with Crippen LogP contribution in [0.5, 0.6) is 11.5 Å². The second-order valence-electron chi connectivity index (χ2n) is 8.67. The Labute approximate surface area is 212 Å². The maximum Gasteiger partial charge on any atom is 0.260 e. The van der Waals surface area contributed by atoms with Gasteiger partial charge in [0.2, 0.25) is 0 Å². The van der Waals surface area contributed by atoms with Crippen molar-refractivity contribution in [2.75, 3.05) is 46.4 Å². The standard InChI is InChI=1S/C29H31N3O4/c1-34-27-9-5-6-25(18-27)28(36-21-24-12-10-23(19-30)11-13-24)20-31-14-16-32(17-15-31)29(33)22-35-26-7-3-2-4-8-26/h2-13,18,28H,14-17,20-22H2,1H3. The van der Waals surface area contributed by atoms with Crippen LogP contribution in [0.2, 0.25) is 0 Å². The molecule has 1 amide bonds. The van der Waals surface area contributed by atoms with E-state index in [1.165, 1.54) is 0 Å². The summed E-state index contributed by atoms with van der Waals surface area (Å²) in [4.78, 5) is 16.8. The Morgan fingerprint density at radius 1 is 0.944 bits per heavy atom. The highest BCUT2D eigenvalue weighted by Crippen LogP contribution is 2.25. The van der Waals surface area contributed by atoms with Crippen LogP contribution in [0.25, 0.3) is 0 Å². The Morgan fingerprint density at radius 3 is 2.36 bits per heavy atom. The summed E-state index contributed by atoms with van der Waals surface area (Å²) in [5.41, 5.74) is 2.68. The maximum absolute atomic E-state index is 12.6. The lowest BCUT2D eigenvalue weighted by molar-refractivity contribution is -0.135. The zero-order valence-corrected chi connectivity index (χ0v) is 20.5. The smallest absolute Gasteiger partial charge is 0.260 e. The average molecular weight is 486 g/mol. The van der Waals surface area contributed by atoms with Crippen molar-refractivity contribution < 1.29 is 19.0 Å². The Morgan fingerprint density at radius 2 is 1.67 bits per heavy atom. The van der Waals surface area contributed by atoms with E-state index in [0.29, 0.717) is 37.6 Å². The summed E-state index contributed by atoms with van der Waals surface area (Å²) in [6, 6.07) is 26.9.